The van der Waals surface area contributed by atoms with Crippen LogP contribution in [0.4, 0.5) is 0 Å². The number of furan rings is 1. The fraction of sp³-hybridized carbons (Fsp3) is 0.350. The largest absolute Gasteiger partial charge is 0.469 e. The summed E-state index contributed by atoms with van der Waals surface area (Å²) in [7, 11) is -3.45. The van der Waals surface area contributed by atoms with Gasteiger partial charge in [0.05, 0.1) is 11.2 Å². The number of rotatable bonds is 9. The van der Waals surface area contributed by atoms with Crippen molar-refractivity contribution in [2.75, 3.05) is 0 Å². The molecule has 0 aliphatic heterocycles. The van der Waals surface area contributed by atoms with Gasteiger partial charge < -0.3 is 9.73 Å². The molecule has 3 rings (SSSR count). The van der Waals surface area contributed by atoms with E-state index in [0.29, 0.717) is 0 Å². The van der Waals surface area contributed by atoms with Gasteiger partial charge in [-0.25, -0.2) is 13.1 Å². The third kappa shape index (κ3) is 6.08. The molecular weight excluding hydrogens is 364 g/mol. The molecule has 1 amide bonds. The summed E-state index contributed by atoms with van der Waals surface area (Å²) >= 11 is 0. The summed E-state index contributed by atoms with van der Waals surface area (Å²) in [6.07, 6.45) is 8.11. The topological polar surface area (TPSA) is 88.4 Å². The highest BCUT2D eigenvalue weighted by atomic mass is 32.2. The maximum atomic E-state index is 12.1. The second-order valence-electron chi connectivity index (χ2n) is 6.83. The van der Waals surface area contributed by atoms with E-state index in [-0.39, 0.29) is 22.9 Å². The number of carbonyl (C=O) groups is 1. The van der Waals surface area contributed by atoms with Crippen molar-refractivity contribution in [3.05, 3.63) is 60.1 Å². The van der Waals surface area contributed by atoms with Gasteiger partial charge in [-0.2, -0.15) is 0 Å². The summed E-state index contributed by atoms with van der Waals surface area (Å²) in [5.74, 6) is 0.715. The second-order valence-corrected chi connectivity index (χ2v) is 8.54. The molecule has 2 N–H and O–H groups in total. The lowest BCUT2D eigenvalue weighted by atomic mass is 10.1. The summed E-state index contributed by atoms with van der Waals surface area (Å²) in [4.78, 5) is 12.3. The van der Waals surface area contributed by atoms with Crippen molar-refractivity contribution in [1.29, 1.82) is 0 Å². The van der Waals surface area contributed by atoms with Gasteiger partial charge in [0.25, 0.3) is 0 Å². The third-order valence-electron chi connectivity index (χ3n) is 4.31. The Bertz CT molecular complexity index is 883. The molecule has 1 aromatic carbocycles. The van der Waals surface area contributed by atoms with Gasteiger partial charge in [-0.1, -0.05) is 12.1 Å². The van der Waals surface area contributed by atoms with E-state index in [9.17, 15) is 13.2 Å². The lowest BCUT2D eigenvalue weighted by molar-refractivity contribution is -0.117. The van der Waals surface area contributed by atoms with Gasteiger partial charge in [0.1, 0.15) is 5.76 Å². The smallest absolute Gasteiger partial charge is 0.244 e. The zero-order valence-electron chi connectivity index (χ0n) is 15.2. The molecule has 144 valence electrons. The maximum Gasteiger partial charge on any atom is 0.244 e. The first kappa shape index (κ1) is 19.4. The molecule has 6 nitrogen and oxygen atoms in total. The Morgan fingerprint density at radius 3 is 2.63 bits per heavy atom. The van der Waals surface area contributed by atoms with Crippen LogP contribution in [0.1, 0.15) is 37.5 Å². The highest BCUT2D eigenvalue weighted by molar-refractivity contribution is 7.89. The number of nitrogens with one attached hydrogen (secondary N) is 2. The molecule has 0 saturated heterocycles. The van der Waals surface area contributed by atoms with Crippen LogP contribution in [-0.2, 0) is 21.2 Å². The molecule has 1 aliphatic rings. The molecule has 1 aromatic heterocycles. The van der Waals surface area contributed by atoms with Crippen LogP contribution in [0.15, 0.2) is 58.1 Å². The molecule has 2 aromatic rings. The first-order valence-electron chi connectivity index (χ1n) is 9.06. The predicted octanol–water partition coefficient (Wildman–Crippen LogP) is 2.87. The molecule has 0 spiro atoms. The Hall–Kier alpha value is -2.38. The molecule has 1 saturated carbocycles. The molecule has 1 unspecified atom stereocenters. The minimum Gasteiger partial charge on any atom is -0.469 e. The minimum atomic E-state index is -3.45. The number of hydrogen-bond acceptors (Lipinski definition) is 4. The zero-order valence-corrected chi connectivity index (χ0v) is 16.0. The predicted molar refractivity (Wildman–Crippen MR) is 103 cm³/mol. The Morgan fingerprint density at radius 2 is 2.00 bits per heavy atom. The summed E-state index contributed by atoms with van der Waals surface area (Å²) in [6.45, 7) is 1.95. The first-order chi connectivity index (χ1) is 12.9. The number of hydrogen-bond donors (Lipinski definition) is 2. The van der Waals surface area contributed by atoms with E-state index >= 15 is 0 Å². The van der Waals surface area contributed by atoms with Crippen molar-refractivity contribution < 1.29 is 17.6 Å². The molecule has 1 heterocycles. The van der Waals surface area contributed by atoms with Crippen LogP contribution in [0.5, 0.6) is 0 Å². The highest BCUT2D eigenvalue weighted by Crippen LogP contribution is 2.22. The third-order valence-corrected chi connectivity index (χ3v) is 5.85. The van der Waals surface area contributed by atoms with E-state index in [2.05, 4.69) is 10.0 Å². The molecule has 7 heteroatoms. The molecule has 0 bridgehead atoms. The van der Waals surface area contributed by atoms with E-state index in [1.54, 1.807) is 36.6 Å². The molecule has 1 atom stereocenters. The van der Waals surface area contributed by atoms with Crippen molar-refractivity contribution >= 4 is 22.0 Å². The fourth-order valence-electron chi connectivity index (χ4n) is 2.60. The van der Waals surface area contributed by atoms with Crippen LogP contribution >= 0.6 is 0 Å². The van der Waals surface area contributed by atoms with Gasteiger partial charge >= 0.3 is 0 Å². The molecular formula is C20H24N2O4S. The van der Waals surface area contributed by atoms with Gasteiger partial charge in [-0.3, -0.25) is 4.79 Å². The zero-order chi connectivity index (χ0) is 19.3. The van der Waals surface area contributed by atoms with Crippen molar-refractivity contribution in [3.63, 3.8) is 0 Å². The average molecular weight is 388 g/mol. The van der Waals surface area contributed by atoms with Gasteiger partial charge in [0.15, 0.2) is 0 Å². The van der Waals surface area contributed by atoms with Crippen molar-refractivity contribution in [3.8, 4) is 0 Å². The Morgan fingerprint density at radius 1 is 1.26 bits per heavy atom. The first-order valence-corrected chi connectivity index (χ1v) is 10.5. The van der Waals surface area contributed by atoms with Crippen LogP contribution in [0.3, 0.4) is 0 Å². The number of benzene rings is 1. The van der Waals surface area contributed by atoms with Crippen LogP contribution in [0.25, 0.3) is 6.08 Å². The number of carbonyl (C=O) groups excluding carboxylic acids is 1. The van der Waals surface area contributed by atoms with E-state index in [1.807, 2.05) is 19.1 Å². The second kappa shape index (κ2) is 8.54. The quantitative estimate of drug-likeness (QED) is 0.647. The van der Waals surface area contributed by atoms with Crippen LogP contribution < -0.4 is 10.0 Å². The average Bonchev–Trinajstić information content (AvgIpc) is 3.28. The molecule has 0 radical (unpaired) electrons. The van der Waals surface area contributed by atoms with E-state index in [0.717, 1.165) is 37.0 Å². The molecule has 27 heavy (non-hydrogen) atoms. The molecule has 1 aliphatic carbocycles. The van der Waals surface area contributed by atoms with Crippen molar-refractivity contribution in [2.24, 2.45) is 0 Å². The van der Waals surface area contributed by atoms with E-state index < -0.39 is 10.0 Å². The Kier molecular flexibility index (Phi) is 6.13. The van der Waals surface area contributed by atoms with Crippen LogP contribution in [0, 0.1) is 0 Å². The number of aryl methyl sites for hydroxylation is 1. The van der Waals surface area contributed by atoms with Crippen LogP contribution in [0.2, 0.25) is 0 Å². The Labute approximate surface area is 159 Å². The highest BCUT2D eigenvalue weighted by Gasteiger charge is 2.27. The van der Waals surface area contributed by atoms with Crippen molar-refractivity contribution in [1.82, 2.24) is 10.0 Å². The maximum absolute atomic E-state index is 12.1. The fourth-order valence-corrected chi connectivity index (χ4v) is 3.90. The van der Waals surface area contributed by atoms with Gasteiger partial charge in [-0.05, 0) is 62.1 Å². The lowest BCUT2D eigenvalue weighted by Crippen LogP contribution is -2.31. The van der Waals surface area contributed by atoms with E-state index in [4.69, 9.17) is 4.42 Å². The van der Waals surface area contributed by atoms with Gasteiger partial charge in [-0.15, -0.1) is 0 Å². The summed E-state index contributed by atoms with van der Waals surface area (Å²) < 4.78 is 32.2. The van der Waals surface area contributed by atoms with E-state index in [1.165, 1.54) is 6.08 Å². The van der Waals surface area contributed by atoms with Gasteiger partial charge in [0, 0.05) is 24.6 Å². The molecule has 1 fully saturated rings. The number of sulfonamides is 1. The minimum absolute atomic E-state index is 0.0215. The number of amides is 1. The summed E-state index contributed by atoms with van der Waals surface area (Å²) in [6, 6.07) is 10.3. The Balaban J connectivity index is 1.48. The normalized spacial score (nSPS) is 15.7. The standard InChI is InChI=1S/C20H24N2O4S/c1-15(4-10-18-3-2-14-26-18)21-20(23)13-7-16-5-11-19(12-6-16)27(24,25)22-17-8-9-17/h2-3,5-7,11-15,17,22H,4,8-10H2,1H3,(H,21,23)/b13-7+. The van der Waals surface area contributed by atoms with Gasteiger partial charge in [0.2, 0.25) is 15.9 Å². The summed E-state index contributed by atoms with van der Waals surface area (Å²) in [5.41, 5.74) is 0.763. The SMILES string of the molecule is CC(CCc1ccco1)NC(=O)/C=C/c1ccc(S(=O)(=O)NC2CC2)cc1. The summed E-state index contributed by atoms with van der Waals surface area (Å²) in [5, 5.41) is 2.90. The van der Waals surface area contributed by atoms with Crippen molar-refractivity contribution in [2.45, 2.75) is 49.6 Å². The van der Waals surface area contributed by atoms with Crippen LogP contribution in [-0.4, -0.2) is 26.4 Å². The monoisotopic (exact) mass is 388 g/mol. The lowest BCUT2D eigenvalue weighted by Gasteiger charge is -2.11.